The number of aromatic nitrogens is 1. The van der Waals surface area contributed by atoms with Gasteiger partial charge >= 0.3 is 6.03 Å². The van der Waals surface area contributed by atoms with E-state index in [1.807, 2.05) is 17.2 Å². The van der Waals surface area contributed by atoms with Gasteiger partial charge in [-0.05, 0) is 38.0 Å². The van der Waals surface area contributed by atoms with Crippen LogP contribution in [0, 0.1) is 12.3 Å². The molecule has 1 aromatic heterocycles. The third kappa shape index (κ3) is 3.79. The Bertz CT molecular complexity index is 489. The first-order chi connectivity index (χ1) is 10.5. The number of nitrogens with one attached hydrogen (secondary N) is 1. The Kier molecular flexibility index (Phi) is 5.81. The van der Waals surface area contributed by atoms with E-state index in [1.165, 1.54) is 0 Å². The molecule has 2 N–H and O–H groups in total. The molecule has 22 heavy (non-hydrogen) atoms. The molecule has 5 nitrogen and oxygen atoms in total. The summed E-state index contributed by atoms with van der Waals surface area (Å²) in [4.78, 5) is 18.8. The zero-order chi connectivity index (χ0) is 16.2. The van der Waals surface area contributed by atoms with E-state index in [0.29, 0.717) is 13.1 Å². The number of aryl methyl sites for hydroxylation is 1. The molecule has 1 fully saturated rings. The number of carbonyl (C=O) groups excluding carboxylic acids is 1. The first-order valence-corrected chi connectivity index (χ1v) is 9.00. The zero-order valence-electron chi connectivity index (χ0n) is 13.8. The summed E-state index contributed by atoms with van der Waals surface area (Å²) in [5, 5.41) is 15.7. The molecule has 124 valence electrons. The van der Waals surface area contributed by atoms with Crippen molar-refractivity contribution in [1.29, 1.82) is 0 Å². The second-order valence-electron chi connectivity index (χ2n) is 6.24. The van der Waals surface area contributed by atoms with E-state index in [2.05, 4.69) is 24.1 Å². The number of likely N-dealkylation sites (tertiary alicyclic amines) is 1. The summed E-state index contributed by atoms with van der Waals surface area (Å²) in [6.45, 7) is 7.80. The first-order valence-electron chi connectivity index (χ1n) is 8.12. The monoisotopic (exact) mass is 325 g/mol. The number of hydrogen-bond acceptors (Lipinski definition) is 4. The number of hydrogen-bond donors (Lipinski definition) is 2. The van der Waals surface area contributed by atoms with Crippen LogP contribution in [-0.2, 0) is 0 Å². The van der Waals surface area contributed by atoms with Gasteiger partial charge in [0.15, 0.2) is 0 Å². The van der Waals surface area contributed by atoms with Gasteiger partial charge in [0.05, 0.1) is 6.04 Å². The van der Waals surface area contributed by atoms with Crippen LogP contribution in [-0.4, -0.2) is 40.7 Å². The number of aliphatic hydroxyl groups excluding tert-OH is 1. The molecule has 2 rings (SSSR count). The highest BCUT2D eigenvalue weighted by molar-refractivity contribution is 7.09. The lowest BCUT2D eigenvalue weighted by atomic mass is 9.77. The lowest BCUT2D eigenvalue weighted by molar-refractivity contribution is 0.0514. The van der Waals surface area contributed by atoms with Crippen LogP contribution in [0.2, 0.25) is 0 Å². The SMILES string of the molecule is CCC(NC(=O)N1CCC(CC)(CO)CC1)c1nc(C)cs1. The minimum absolute atomic E-state index is 0.00730. The molecule has 1 aromatic rings. The molecule has 1 aliphatic heterocycles. The molecule has 1 saturated heterocycles. The average molecular weight is 325 g/mol. The maximum Gasteiger partial charge on any atom is 0.317 e. The molecular weight excluding hydrogens is 298 g/mol. The van der Waals surface area contributed by atoms with Crippen LogP contribution < -0.4 is 5.32 Å². The molecule has 0 aliphatic carbocycles. The van der Waals surface area contributed by atoms with Crippen molar-refractivity contribution in [1.82, 2.24) is 15.2 Å². The largest absolute Gasteiger partial charge is 0.396 e. The predicted molar refractivity (Wildman–Crippen MR) is 89.0 cm³/mol. The number of thiazole rings is 1. The first kappa shape index (κ1) is 17.2. The molecule has 2 amide bonds. The van der Waals surface area contributed by atoms with E-state index in [-0.39, 0.29) is 24.1 Å². The highest BCUT2D eigenvalue weighted by Crippen LogP contribution is 2.34. The van der Waals surface area contributed by atoms with Gasteiger partial charge in [-0.2, -0.15) is 0 Å². The fourth-order valence-electron chi connectivity index (χ4n) is 2.92. The van der Waals surface area contributed by atoms with Crippen LogP contribution in [0.15, 0.2) is 5.38 Å². The van der Waals surface area contributed by atoms with E-state index in [4.69, 9.17) is 0 Å². The van der Waals surface area contributed by atoms with Crippen molar-refractivity contribution in [2.45, 2.75) is 52.5 Å². The van der Waals surface area contributed by atoms with Gasteiger partial charge in [0.2, 0.25) is 0 Å². The van der Waals surface area contributed by atoms with Gasteiger partial charge in [0.1, 0.15) is 5.01 Å². The van der Waals surface area contributed by atoms with Crippen molar-refractivity contribution >= 4 is 17.4 Å². The number of carbonyl (C=O) groups is 1. The van der Waals surface area contributed by atoms with Gasteiger partial charge in [0.25, 0.3) is 0 Å². The summed E-state index contributed by atoms with van der Waals surface area (Å²) in [6.07, 6.45) is 3.55. The minimum Gasteiger partial charge on any atom is -0.396 e. The Morgan fingerprint density at radius 3 is 2.64 bits per heavy atom. The van der Waals surface area contributed by atoms with Crippen LogP contribution in [0.4, 0.5) is 4.79 Å². The van der Waals surface area contributed by atoms with Crippen molar-refractivity contribution < 1.29 is 9.90 Å². The van der Waals surface area contributed by atoms with E-state index >= 15 is 0 Å². The van der Waals surface area contributed by atoms with Gasteiger partial charge < -0.3 is 15.3 Å². The number of piperidine rings is 1. The number of aliphatic hydroxyl groups is 1. The Hall–Kier alpha value is -1.14. The molecule has 1 atom stereocenters. The average Bonchev–Trinajstić information content (AvgIpc) is 2.98. The Balaban J connectivity index is 1.92. The molecule has 0 aromatic carbocycles. The van der Waals surface area contributed by atoms with Crippen molar-refractivity contribution in [3.05, 3.63) is 16.1 Å². The summed E-state index contributed by atoms with van der Waals surface area (Å²) in [7, 11) is 0. The number of amides is 2. The quantitative estimate of drug-likeness (QED) is 0.874. The predicted octanol–water partition coefficient (Wildman–Crippen LogP) is 3.10. The molecule has 1 unspecified atom stereocenters. The van der Waals surface area contributed by atoms with Gasteiger partial charge in [-0.15, -0.1) is 11.3 Å². The molecule has 1 aliphatic rings. The summed E-state index contributed by atoms with van der Waals surface area (Å²) in [5.41, 5.74) is 1.01. The zero-order valence-corrected chi connectivity index (χ0v) is 14.6. The smallest absolute Gasteiger partial charge is 0.317 e. The molecule has 0 saturated carbocycles. The maximum absolute atomic E-state index is 12.5. The second-order valence-corrected chi connectivity index (χ2v) is 7.13. The maximum atomic E-state index is 12.5. The lowest BCUT2D eigenvalue weighted by Gasteiger charge is -2.40. The van der Waals surface area contributed by atoms with Crippen molar-refractivity contribution in [3.63, 3.8) is 0 Å². The topological polar surface area (TPSA) is 65.5 Å². The Morgan fingerprint density at radius 1 is 1.50 bits per heavy atom. The highest BCUT2D eigenvalue weighted by atomic mass is 32.1. The molecule has 0 spiro atoms. The van der Waals surface area contributed by atoms with E-state index in [1.54, 1.807) is 11.3 Å². The van der Waals surface area contributed by atoms with Gasteiger partial charge in [0, 0.05) is 30.8 Å². The summed E-state index contributed by atoms with van der Waals surface area (Å²) in [6, 6.07) is -0.0238. The van der Waals surface area contributed by atoms with Crippen LogP contribution in [0.1, 0.15) is 56.3 Å². The third-order valence-electron chi connectivity index (χ3n) is 4.84. The summed E-state index contributed by atoms with van der Waals surface area (Å²) in [5.74, 6) is 0. The summed E-state index contributed by atoms with van der Waals surface area (Å²) < 4.78 is 0. The fourth-order valence-corrected chi connectivity index (χ4v) is 3.85. The number of nitrogens with zero attached hydrogens (tertiary/aromatic N) is 2. The number of urea groups is 1. The van der Waals surface area contributed by atoms with Gasteiger partial charge in [-0.1, -0.05) is 13.8 Å². The molecular formula is C16H27N3O2S. The molecule has 6 heteroatoms. The molecule has 0 radical (unpaired) electrons. The van der Waals surface area contributed by atoms with Crippen molar-refractivity contribution in [2.75, 3.05) is 19.7 Å². The Morgan fingerprint density at radius 2 is 2.18 bits per heavy atom. The minimum atomic E-state index is -0.0121. The van der Waals surface area contributed by atoms with Crippen LogP contribution in [0.25, 0.3) is 0 Å². The fraction of sp³-hybridized carbons (Fsp3) is 0.750. The van der Waals surface area contributed by atoms with Crippen LogP contribution in [0.5, 0.6) is 0 Å². The lowest BCUT2D eigenvalue weighted by Crippen LogP contribution is -2.48. The second kappa shape index (κ2) is 7.42. The Labute approximate surface area is 136 Å². The van der Waals surface area contributed by atoms with Gasteiger partial charge in [-0.3, -0.25) is 0 Å². The normalized spacial score (nSPS) is 19.0. The highest BCUT2D eigenvalue weighted by Gasteiger charge is 2.34. The summed E-state index contributed by atoms with van der Waals surface area (Å²) >= 11 is 1.60. The van der Waals surface area contributed by atoms with Crippen LogP contribution >= 0.6 is 11.3 Å². The third-order valence-corrected chi connectivity index (χ3v) is 5.91. The molecule has 2 heterocycles. The van der Waals surface area contributed by atoms with Crippen molar-refractivity contribution in [3.8, 4) is 0 Å². The van der Waals surface area contributed by atoms with Crippen molar-refractivity contribution in [2.24, 2.45) is 5.41 Å². The van der Waals surface area contributed by atoms with Gasteiger partial charge in [-0.25, -0.2) is 9.78 Å². The molecule has 0 bridgehead atoms. The van der Waals surface area contributed by atoms with Crippen LogP contribution in [0.3, 0.4) is 0 Å². The standard InChI is InChI=1S/C16H27N3O2S/c1-4-13(14-17-12(3)10-22-14)18-15(21)19-8-6-16(5-2,11-20)7-9-19/h10,13,20H,4-9,11H2,1-3H3,(H,18,21). The van der Waals surface area contributed by atoms with E-state index in [9.17, 15) is 9.90 Å². The van der Waals surface area contributed by atoms with E-state index in [0.717, 1.165) is 36.4 Å². The number of rotatable bonds is 5. The van der Waals surface area contributed by atoms with E-state index < -0.39 is 0 Å².